The summed E-state index contributed by atoms with van der Waals surface area (Å²) in [6.45, 7) is 8.34. The highest BCUT2D eigenvalue weighted by atomic mass is 32.1. The fourth-order valence-electron chi connectivity index (χ4n) is 5.57. The summed E-state index contributed by atoms with van der Waals surface area (Å²) in [4.78, 5) is 17.6. The molecule has 5 rings (SSSR count). The normalized spacial score (nSPS) is 33.7. The monoisotopic (exact) mass is 432 g/mol. The molecular weight excluding hydrogens is 396 g/mol. The van der Waals surface area contributed by atoms with Crippen molar-refractivity contribution in [3.05, 3.63) is 21.4 Å². The average Bonchev–Trinajstić information content (AvgIpc) is 3.43. The summed E-state index contributed by atoms with van der Waals surface area (Å²) in [6.07, 6.45) is 8.79. The van der Waals surface area contributed by atoms with Crippen molar-refractivity contribution >= 4 is 17.4 Å². The number of hydrogen-bond acceptors (Lipinski definition) is 5. The van der Waals surface area contributed by atoms with Gasteiger partial charge in [0.2, 0.25) is 0 Å². The lowest BCUT2D eigenvalue weighted by Gasteiger charge is -2.49. The van der Waals surface area contributed by atoms with E-state index in [1.165, 1.54) is 23.3 Å². The van der Waals surface area contributed by atoms with Crippen molar-refractivity contribution in [3.63, 3.8) is 0 Å². The number of fused-ring (bicyclic) bond motifs is 2. The van der Waals surface area contributed by atoms with Crippen LogP contribution >= 0.6 is 11.3 Å². The number of piperidine rings is 1. The van der Waals surface area contributed by atoms with Crippen LogP contribution in [-0.4, -0.2) is 49.4 Å². The Labute approximate surface area is 184 Å². The third-order valence-corrected chi connectivity index (χ3v) is 8.99. The molecule has 0 bridgehead atoms. The Balaban J connectivity index is 1.10. The van der Waals surface area contributed by atoms with E-state index in [-0.39, 0.29) is 11.7 Å². The zero-order valence-corrected chi connectivity index (χ0v) is 19.3. The second-order valence-electron chi connectivity index (χ2n) is 10.0. The van der Waals surface area contributed by atoms with E-state index in [0.29, 0.717) is 30.5 Å². The number of nitrogens with one attached hydrogen (secondary N) is 1. The van der Waals surface area contributed by atoms with Gasteiger partial charge < -0.3 is 19.7 Å². The number of alkyl carbamates (subject to hydrolysis) is 1. The standard InChI is InChI=1S/C24H36N2O3S/c1-3-20-12-21-22(30-20)6-9-29-24(21)7-8-26(16(2)13-24)14-18-10-19(11-18)25-23(27)28-15-17-4-5-17/h12,16-19H,3-11,13-15H2,1-2H3,(H,25,27)/t16-,18-,19+,24+/m0/s1. The number of carbonyl (C=O) groups excluding carboxylic acids is 1. The van der Waals surface area contributed by atoms with E-state index in [9.17, 15) is 4.79 Å². The van der Waals surface area contributed by atoms with E-state index in [0.717, 1.165) is 58.2 Å². The number of aryl methyl sites for hydroxylation is 1. The van der Waals surface area contributed by atoms with Crippen LogP contribution in [0.3, 0.4) is 0 Å². The Hall–Kier alpha value is -1.11. The van der Waals surface area contributed by atoms with Gasteiger partial charge in [-0.15, -0.1) is 11.3 Å². The molecule has 1 amide bonds. The highest BCUT2D eigenvalue weighted by Gasteiger charge is 2.45. The van der Waals surface area contributed by atoms with Crippen molar-refractivity contribution in [1.82, 2.24) is 10.2 Å². The fourth-order valence-corrected chi connectivity index (χ4v) is 6.75. The van der Waals surface area contributed by atoms with Crippen molar-refractivity contribution in [2.24, 2.45) is 11.8 Å². The first-order valence-electron chi connectivity index (χ1n) is 12.0. The molecular formula is C24H36N2O3S. The lowest BCUT2D eigenvalue weighted by Crippen LogP contribution is -2.54. The molecule has 5 nitrogen and oxygen atoms in total. The smallest absolute Gasteiger partial charge is 0.407 e. The van der Waals surface area contributed by atoms with E-state index in [4.69, 9.17) is 9.47 Å². The number of amides is 1. The van der Waals surface area contributed by atoms with Crippen molar-refractivity contribution in [2.45, 2.75) is 82.9 Å². The van der Waals surface area contributed by atoms with Crippen molar-refractivity contribution in [1.29, 1.82) is 0 Å². The van der Waals surface area contributed by atoms with Gasteiger partial charge in [0.05, 0.1) is 18.8 Å². The highest BCUT2D eigenvalue weighted by Crippen LogP contribution is 2.46. The maximum absolute atomic E-state index is 11.9. The van der Waals surface area contributed by atoms with Crippen LogP contribution in [0.4, 0.5) is 4.79 Å². The summed E-state index contributed by atoms with van der Waals surface area (Å²) in [7, 11) is 0. The van der Waals surface area contributed by atoms with E-state index in [1.54, 1.807) is 4.88 Å². The number of thiophene rings is 1. The molecule has 1 aromatic heterocycles. The minimum atomic E-state index is -0.217. The summed E-state index contributed by atoms with van der Waals surface area (Å²) in [6, 6.07) is 3.27. The Morgan fingerprint density at radius 3 is 2.93 bits per heavy atom. The SMILES string of the molecule is CCc1cc2c(s1)CCO[C@@]21CCN(C[C@H]2C[C@@H](NC(=O)OCC3CC3)C2)[C@@H](C)C1. The summed E-state index contributed by atoms with van der Waals surface area (Å²) in [5.74, 6) is 1.31. The molecule has 3 heterocycles. The largest absolute Gasteiger partial charge is 0.449 e. The van der Waals surface area contributed by atoms with Crippen LogP contribution in [-0.2, 0) is 27.9 Å². The quantitative estimate of drug-likeness (QED) is 0.720. The van der Waals surface area contributed by atoms with Gasteiger partial charge in [0.15, 0.2) is 0 Å². The maximum atomic E-state index is 11.9. The first kappa shape index (κ1) is 20.8. The minimum Gasteiger partial charge on any atom is -0.449 e. The molecule has 1 N–H and O–H groups in total. The van der Waals surface area contributed by atoms with Gasteiger partial charge >= 0.3 is 6.09 Å². The Kier molecular flexibility index (Phi) is 5.84. The van der Waals surface area contributed by atoms with Gasteiger partial charge in [0.25, 0.3) is 0 Å². The minimum absolute atomic E-state index is 0.0531. The molecule has 2 aliphatic heterocycles. The second-order valence-corrected chi connectivity index (χ2v) is 11.2. The van der Waals surface area contributed by atoms with Gasteiger partial charge in [0.1, 0.15) is 0 Å². The number of nitrogens with zero attached hydrogens (tertiary/aromatic N) is 1. The summed E-state index contributed by atoms with van der Waals surface area (Å²) >= 11 is 2.00. The third kappa shape index (κ3) is 4.28. The van der Waals surface area contributed by atoms with Gasteiger partial charge in [-0.2, -0.15) is 0 Å². The van der Waals surface area contributed by atoms with E-state index >= 15 is 0 Å². The zero-order chi connectivity index (χ0) is 20.7. The molecule has 166 valence electrons. The fraction of sp³-hybridized carbons (Fsp3) is 0.792. The highest BCUT2D eigenvalue weighted by molar-refractivity contribution is 7.12. The van der Waals surface area contributed by atoms with Crippen molar-refractivity contribution in [3.8, 4) is 0 Å². The molecule has 1 saturated heterocycles. The molecule has 0 aromatic carbocycles. The first-order chi connectivity index (χ1) is 14.5. The molecule has 0 radical (unpaired) electrons. The van der Waals surface area contributed by atoms with E-state index in [1.807, 2.05) is 11.3 Å². The van der Waals surface area contributed by atoms with Crippen LogP contribution in [0.15, 0.2) is 6.07 Å². The summed E-state index contributed by atoms with van der Waals surface area (Å²) in [5.41, 5.74) is 1.45. The molecule has 30 heavy (non-hydrogen) atoms. The second kappa shape index (κ2) is 8.44. The molecule has 4 aliphatic rings. The number of rotatable bonds is 6. The molecule has 2 atom stereocenters. The van der Waals surface area contributed by atoms with Gasteiger partial charge in [-0.1, -0.05) is 6.92 Å². The van der Waals surface area contributed by atoms with Crippen LogP contribution < -0.4 is 5.32 Å². The first-order valence-corrected chi connectivity index (χ1v) is 12.8. The maximum Gasteiger partial charge on any atom is 0.407 e. The third-order valence-electron chi connectivity index (χ3n) is 7.66. The number of ether oxygens (including phenoxy) is 2. The van der Waals surface area contributed by atoms with Gasteiger partial charge in [0, 0.05) is 41.3 Å². The van der Waals surface area contributed by atoms with Gasteiger partial charge in [-0.25, -0.2) is 4.79 Å². The number of hydrogen-bond donors (Lipinski definition) is 1. The van der Waals surface area contributed by atoms with Crippen LogP contribution in [0.25, 0.3) is 0 Å². The van der Waals surface area contributed by atoms with Crippen molar-refractivity contribution < 1.29 is 14.3 Å². The molecule has 0 unspecified atom stereocenters. The summed E-state index contributed by atoms with van der Waals surface area (Å²) in [5, 5.41) is 3.04. The molecule has 3 fully saturated rings. The lowest BCUT2D eigenvalue weighted by atomic mass is 9.76. The van der Waals surface area contributed by atoms with Crippen LogP contribution in [0.1, 0.15) is 67.7 Å². The topological polar surface area (TPSA) is 50.8 Å². The predicted octanol–water partition coefficient (Wildman–Crippen LogP) is 4.48. The molecule has 1 spiro atoms. The molecule has 1 aromatic rings. The molecule has 2 aliphatic carbocycles. The lowest BCUT2D eigenvalue weighted by molar-refractivity contribution is -0.114. The Morgan fingerprint density at radius 1 is 1.37 bits per heavy atom. The Morgan fingerprint density at radius 2 is 2.20 bits per heavy atom. The van der Waals surface area contributed by atoms with Crippen LogP contribution in [0.5, 0.6) is 0 Å². The van der Waals surface area contributed by atoms with Gasteiger partial charge in [-0.3, -0.25) is 0 Å². The predicted molar refractivity (Wildman–Crippen MR) is 119 cm³/mol. The Bertz CT molecular complexity index is 771. The van der Waals surface area contributed by atoms with Crippen molar-refractivity contribution in [2.75, 3.05) is 26.3 Å². The number of likely N-dealkylation sites (tertiary alicyclic amines) is 1. The summed E-state index contributed by atoms with van der Waals surface area (Å²) < 4.78 is 11.8. The van der Waals surface area contributed by atoms with E-state index in [2.05, 4.69) is 30.1 Å². The van der Waals surface area contributed by atoms with Crippen LogP contribution in [0.2, 0.25) is 0 Å². The van der Waals surface area contributed by atoms with Crippen LogP contribution in [0, 0.1) is 11.8 Å². The van der Waals surface area contributed by atoms with E-state index < -0.39 is 0 Å². The molecule has 2 saturated carbocycles. The molecule has 6 heteroatoms. The number of carbonyl (C=O) groups is 1. The average molecular weight is 433 g/mol. The van der Waals surface area contributed by atoms with Gasteiger partial charge in [-0.05, 0) is 75.3 Å². The zero-order valence-electron chi connectivity index (χ0n) is 18.5.